The highest BCUT2D eigenvalue weighted by Gasteiger charge is 2.47. The molecule has 1 aliphatic rings. The van der Waals surface area contributed by atoms with Crippen molar-refractivity contribution in [3.05, 3.63) is 64.2 Å². The molecule has 8 heteroatoms. The third-order valence-electron chi connectivity index (χ3n) is 5.79. The van der Waals surface area contributed by atoms with Crippen LogP contribution in [0.15, 0.2) is 42.5 Å². The maximum atomic E-state index is 12.1. The van der Waals surface area contributed by atoms with Gasteiger partial charge in [-0.1, -0.05) is 42.8 Å². The molecule has 180 valence electrons. The Morgan fingerprint density at radius 3 is 2.36 bits per heavy atom. The second-order valence-corrected chi connectivity index (χ2v) is 8.64. The second-order valence-electron chi connectivity index (χ2n) is 8.24. The first-order valence-electron chi connectivity index (χ1n) is 11.2. The van der Waals surface area contributed by atoms with Crippen LogP contribution in [0.1, 0.15) is 50.0 Å². The lowest BCUT2D eigenvalue weighted by molar-refractivity contribution is -0.259. The molecule has 33 heavy (non-hydrogen) atoms. The van der Waals surface area contributed by atoms with Crippen molar-refractivity contribution >= 4 is 17.5 Å². The number of nitrogens with zero attached hydrogens (tertiary/aromatic N) is 1. The van der Waals surface area contributed by atoms with E-state index in [0.717, 1.165) is 16.9 Å². The van der Waals surface area contributed by atoms with Crippen molar-refractivity contribution in [2.75, 3.05) is 13.2 Å². The molecule has 0 spiro atoms. The van der Waals surface area contributed by atoms with Gasteiger partial charge >= 0.3 is 0 Å². The van der Waals surface area contributed by atoms with Crippen molar-refractivity contribution in [2.45, 2.75) is 64.3 Å². The maximum absolute atomic E-state index is 12.1. The van der Waals surface area contributed by atoms with E-state index in [1.165, 1.54) is 11.8 Å². The zero-order chi connectivity index (χ0) is 24.1. The number of halogens is 1. The zero-order valence-corrected chi connectivity index (χ0v) is 19.9. The van der Waals surface area contributed by atoms with Gasteiger partial charge in [0.1, 0.15) is 30.2 Å². The minimum absolute atomic E-state index is 0.282. The molecule has 3 rings (SSSR count). The van der Waals surface area contributed by atoms with Gasteiger partial charge in [-0.15, -0.1) is 0 Å². The Balaban J connectivity index is 1.87. The number of hydrogen-bond acceptors (Lipinski definition) is 6. The molecule has 1 fully saturated rings. The summed E-state index contributed by atoms with van der Waals surface area (Å²) in [4.78, 5) is 13.5. The number of ether oxygens (including phenoxy) is 2. The van der Waals surface area contributed by atoms with Gasteiger partial charge in [-0.25, -0.2) is 0 Å². The number of hydrogen-bond donors (Lipinski definition) is 3. The molecule has 0 unspecified atom stereocenters. The lowest BCUT2D eigenvalue weighted by atomic mass is 9.91. The summed E-state index contributed by atoms with van der Waals surface area (Å²) < 4.78 is 11.5. The molecule has 0 aliphatic carbocycles. The van der Waals surface area contributed by atoms with Crippen molar-refractivity contribution in [3.63, 3.8) is 0 Å². The summed E-state index contributed by atoms with van der Waals surface area (Å²) in [6, 6.07) is 13.0. The van der Waals surface area contributed by atoms with Crippen molar-refractivity contribution in [2.24, 2.45) is 0 Å². The average Bonchev–Trinajstić information content (AvgIpc) is 2.79. The van der Waals surface area contributed by atoms with Crippen LogP contribution in [0, 0.1) is 0 Å². The number of rotatable bonds is 8. The molecule has 0 radical (unpaired) electrons. The normalized spacial score (nSPS) is 25.0. The van der Waals surface area contributed by atoms with Crippen LogP contribution < -0.4 is 4.74 Å². The van der Waals surface area contributed by atoms with E-state index in [-0.39, 0.29) is 5.91 Å². The first kappa shape index (κ1) is 25.5. The number of aliphatic hydroxyl groups excluding tert-OH is 3. The lowest BCUT2D eigenvalue weighted by Gasteiger charge is -2.45. The van der Waals surface area contributed by atoms with Crippen LogP contribution in [0.3, 0.4) is 0 Å². The van der Waals surface area contributed by atoms with Gasteiger partial charge < -0.3 is 29.7 Å². The van der Waals surface area contributed by atoms with Gasteiger partial charge in [-0.05, 0) is 54.7 Å². The van der Waals surface area contributed by atoms with Gasteiger partial charge in [0.2, 0.25) is 5.91 Å². The summed E-state index contributed by atoms with van der Waals surface area (Å²) >= 11 is 6.45. The highest BCUT2D eigenvalue weighted by molar-refractivity contribution is 6.31. The van der Waals surface area contributed by atoms with Crippen LogP contribution in [0.4, 0.5) is 0 Å². The summed E-state index contributed by atoms with van der Waals surface area (Å²) in [6.45, 7) is 6.17. The first-order valence-corrected chi connectivity index (χ1v) is 11.6. The molecular formula is C25H32ClNO6. The molecule has 0 saturated carbocycles. The van der Waals surface area contributed by atoms with Crippen molar-refractivity contribution < 1.29 is 29.6 Å². The van der Waals surface area contributed by atoms with Gasteiger partial charge in [-0.3, -0.25) is 4.79 Å². The largest absolute Gasteiger partial charge is 0.494 e. The Labute approximate surface area is 199 Å². The number of benzene rings is 2. The fourth-order valence-electron chi connectivity index (χ4n) is 4.10. The van der Waals surface area contributed by atoms with E-state index in [1.54, 1.807) is 12.1 Å². The Bertz CT molecular complexity index is 937. The van der Waals surface area contributed by atoms with E-state index in [9.17, 15) is 20.1 Å². The Hall–Kier alpha value is -2.16. The smallest absolute Gasteiger partial charge is 0.221 e. The van der Waals surface area contributed by atoms with E-state index in [4.69, 9.17) is 21.1 Å². The minimum atomic E-state index is -1.47. The summed E-state index contributed by atoms with van der Waals surface area (Å²) in [5.41, 5.74) is 2.45. The Kier molecular flexibility index (Phi) is 8.73. The van der Waals surface area contributed by atoms with E-state index in [0.29, 0.717) is 36.6 Å². The van der Waals surface area contributed by atoms with E-state index < -0.39 is 30.6 Å². The SMILES string of the molecule is CCCN(C(C)=O)[C@H]1O[C@@H](c2ccc(Cl)c(Cc3ccc(OCC)cc3)c2)[C@H](O)[C@@H](O)[C@@H]1O. The van der Waals surface area contributed by atoms with Gasteiger partial charge in [0, 0.05) is 18.5 Å². The zero-order valence-electron chi connectivity index (χ0n) is 19.1. The molecule has 1 heterocycles. The van der Waals surface area contributed by atoms with Crippen LogP contribution in [-0.4, -0.2) is 63.8 Å². The summed E-state index contributed by atoms with van der Waals surface area (Å²) in [5.74, 6) is 0.510. The predicted molar refractivity (Wildman–Crippen MR) is 125 cm³/mol. The number of aliphatic hydroxyl groups is 3. The molecule has 1 amide bonds. The third-order valence-corrected chi connectivity index (χ3v) is 6.16. The van der Waals surface area contributed by atoms with Crippen molar-refractivity contribution in [1.29, 1.82) is 0 Å². The van der Waals surface area contributed by atoms with E-state index in [1.807, 2.05) is 44.2 Å². The third kappa shape index (κ3) is 5.86. The highest BCUT2D eigenvalue weighted by atomic mass is 35.5. The highest BCUT2D eigenvalue weighted by Crippen LogP contribution is 2.35. The van der Waals surface area contributed by atoms with Crippen molar-refractivity contribution in [1.82, 2.24) is 4.90 Å². The standard InChI is InChI=1S/C25H32ClNO6/c1-4-12-27(15(3)28)25-23(31)21(29)22(30)24(33-25)17-8-11-20(26)18(14-17)13-16-6-9-19(10-7-16)32-5-2/h6-11,14,21-25,29-31H,4-5,12-13H2,1-3H3/t21-,22-,23+,24+,25+/m1/s1. The second kappa shape index (κ2) is 11.3. The van der Waals surface area contributed by atoms with E-state index in [2.05, 4.69) is 0 Å². The summed E-state index contributed by atoms with van der Waals surface area (Å²) in [5, 5.41) is 32.3. The molecule has 2 aromatic carbocycles. The number of carbonyl (C=O) groups is 1. The van der Waals surface area contributed by atoms with Crippen molar-refractivity contribution in [3.8, 4) is 5.75 Å². The molecule has 0 aromatic heterocycles. The quantitative estimate of drug-likeness (QED) is 0.540. The molecule has 5 atom stereocenters. The fraction of sp³-hybridized carbons (Fsp3) is 0.480. The van der Waals surface area contributed by atoms with Gasteiger partial charge in [-0.2, -0.15) is 0 Å². The Morgan fingerprint density at radius 2 is 1.76 bits per heavy atom. The first-order chi connectivity index (χ1) is 15.8. The monoisotopic (exact) mass is 477 g/mol. The maximum Gasteiger partial charge on any atom is 0.221 e. The van der Waals surface area contributed by atoms with Gasteiger partial charge in [0.15, 0.2) is 6.23 Å². The van der Waals surface area contributed by atoms with Gasteiger partial charge in [0.25, 0.3) is 0 Å². The molecule has 1 aliphatic heterocycles. The predicted octanol–water partition coefficient (Wildman–Crippen LogP) is 3.07. The Morgan fingerprint density at radius 1 is 1.06 bits per heavy atom. The van der Waals surface area contributed by atoms with Crippen LogP contribution in [0.2, 0.25) is 5.02 Å². The minimum Gasteiger partial charge on any atom is -0.494 e. The van der Waals surface area contributed by atoms with E-state index >= 15 is 0 Å². The lowest BCUT2D eigenvalue weighted by Crippen LogP contribution is -2.60. The average molecular weight is 478 g/mol. The molecule has 7 nitrogen and oxygen atoms in total. The number of carbonyl (C=O) groups excluding carboxylic acids is 1. The number of amides is 1. The molecule has 0 bridgehead atoms. The van der Waals surface area contributed by atoms with Gasteiger partial charge in [0.05, 0.1) is 6.61 Å². The summed E-state index contributed by atoms with van der Waals surface area (Å²) in [6.07, 6.45) is -5.08. The van der Waals surface area contributed by atoms with Crippen LogP contribution in [0.25, 0.3) is 0 Å². The molecular weight excluding hydrogens is 446 g/mol. The summed E-state index contributed by atoms with van der Waals surface area (Å²) in [7, 11) is 0. The van der Waals surface area contributed by atoms with Crippen LogP contribution >= 0.6 is 11.6 Å². The van der Waals surface area contributed by atoms with Crippen LogP contribution in [-0.2, 0) is 16.0 Å². The fourth-order valence-corrected chi connectivity index (χ4v) is 4.28. The van der Waals surface area contributed by atoms with Crippen LogP contribution in [0.5, 0.6) is 5.75 Å². The topological polar surface area (TPSA) is 99.5 Å². The molecule has 2 aromatic rings. The molecule has 3 N–H and O–H groups in total. The molecule has 1 saturated heterocycles.